The fourth-order valence-corrected chi connectivity index (χ4v) is 3.64. The number of para-hydroxylation sites is 1. The zero-order chi connectivity index (χ0) is 18.6. The van der Waals surface area contributed by atoms with Gasteiger partial charge in [-0.2, -0.15) is 0 Å². The molecule has 1 saturated carbocycles. The Labute approximate surface area is 160 Å². The Balaban J connectivity index is 1.40. The first-order valence-corrected chi connectivity index (χ1v) is 9.62. The number of Topliss-reactive ketones (excluding diaryl/α,β-unsaturated/α-hetero) is 1. The third kappa shape index (κ3) is 4.46. The molecule has 4 rings (SSSR count). The average Bonchev–Trinajstić information content (AvgIpc) is 3.48. The molecule has 3 aromatic rings. The number of ketones is 1. The quantitative estimate of drug-likeness (QED) is 0.496. The number of carbonyl (C=O) groups excluding carboxylic acids is 1. The van der Waals surface area contributed by atoms with E-state index in [9.17, 15) is 4.79 Å². The maximum atomic E-state index is 11.4. The van der Waals surface area contributed by atoms with Gasteiger partial charge in [0.1, 0.15) is 17.3 Å². The molecule has 0 aliphatic heterocycles. The summed E-state index contributed by atoms with van der Waals surface area (Å²) >= 11 is 0. The highest BCUT2D eigenvalue weighted by Crippen LogP contribution is 2.42. The predicted octanol–water partition coefficient (Wildman–Crippen LogP) is 6.30. The lowest BCUT2D eigenvalue weighted by atomic mass is 10.0. The molecule has 0 saturated heterocycles. The van der Waals surface area contributed by atoms with E-state index in [0.717, 1.165) is 36.3 Å². The molecule has 0 aromatic heterocycles. The van der Waals surface area contributed by atoms with E-state index in [4.69, 9.17) is 4.74 Å². The summed E-state index contributed by atoms with van der Waals surface area (Å²) in [6, 6.07) is 26.8. The first-order chi connectivity index (χ1) is 13.2. The Bertz CT molecular complexity index is 913. The average molecular weight is 356 g/mol. The number of benzene rings is 3. The van der Waals surface area contributed by atoms with E-state index in [1.54, 1.807) is 6.92 Å². The van der Waals surface area contributed by atoms with Gasteiger partial charge in [0, 0.05) is 5.92 Å². The van der Waals surface area contributed by atoms with Crippen molar-refractivity contribution < 1.29 is 9.53 Å². The van der Waals surface area contributed by atoms with Gasteiger partial charge < -0.3 is 4.74 Å². The molecule has 0 amide bonds. The molecule has 0 heterocycles. The Morgan fingerprint density at radius 1 is 0.889 bits per heavy atom. The minimum absolute atomic E-state index is 0.330. The number of hydrogen-bond donors (Lipinski definition) is 0. The minimum Gasteiger partial charge on any atom is -0.457 e. The van der Waals surface area contributed by atoms with Crippen LogP contribution in [-0.4, -0.2) is 5.78 Å². The molecule has 0 radical (unpaired) electrons. The van der Waals surface area contributed by atoms with Crippen molar-refractivity contribution in [3.05, 3.63) is 84.4 Å². The van der Waals surface area contributed by atoms with Crippen molar-refractivity contribution in [3.8, 4) is 22.6 Å². The van der Waals surface area contributed by atoms with Crippen molar-refractivity contribution in [3.63, 3.8) is 0 Å². The highest BCUT2D eigenvalue weighted by Gasteiger charge is 2.39. The van der Waals surface area contributed by atoms with E-state index in [1.165, 1.54) is 11.1 Å². The maximum Gasteiger partial charge on any atom is 0.133 e. The topological polar surface area (TPSA) is 26.3 Å². The maximum absolute atomic E-state index is 11.4. The normalized spacial score (nSPS) is 18.1. The number of hydrogen-bond acceptors (Lipinski definition) is 2. The van der Waals surface area contributed by atoms with Gasteiger partial charge in [-0.1, -0.05) is 54.6 Å². The Morgan fingerprint density at radius 2 is 1.63 bits per heavy atom. The summed E-state index contributed by atoms with van der Waals surface area (Å²) in [5, 5.41) is 0. The fourth-order valence-electron chi connectivity index (χ4n) is 3.64. The molecule has 1 aliphatic carbocycles. The van der Waals surface area contributed by atoms with E-state index in [-0.39, 0.29) is 0 Å². The molecule has 3 aromatic carbocycles. The molecule has 2 nitrogen and oxygen atoms in total. The molecule has 0 N–H and O–H groups in total. The van der Waals surface area contributed by atoms with Crippen LogP contribution < -0.4 is 4.74 Å². The van der Waals surface area contributed by atoms with Gasteiger partial charge in [-0.3, -0.25) is 4.79 Å². The molecule has 27 heavy (non-hydrogen) atoms. The monoisotopic (exact) mass is 356 g/mol. The third-order valence-corrected chi connectivity index (χ3v) is 5.35. The Morgan fingerprint density at radius 3 is 2.33 bits per heavy atom. The summed E-state index contributed by atoms with van der Waals surface area (Å²) in [6.45, 7) is 1.72. The molecule has 1 fully saturated rings. The standard InChI is InChI=1S/C25H24O2/c1-18(26)25-17-22(25)15-12-19-10-13-20(14-11-19)21-6-5-9-24(16-21)27-23-7-3-2-4-8-23/h2-11,13-14,16,22,25H,12,15,17H2,1H3. The highest BCUT2D eigenvalue weighted by atomic mass is 16.5. The third-order valence-electron chi connectivity index (χ3n) is 5.35. The molecule has 2 unspecified atom stereocenters. The number of aryl methyl sites for hydroxylation is 1. The van der Waals surface area contributed by atoms with Gasteiger partial charge in [0.2, 0.25) is 0 Å². The summed E-state index contributed by atoms with van der Waals surface area (Å²) in [5.74, 6) is 2.97. The smallest absolute Gasteiger partial charge is 0.133 e. The van der Waals surface area contributed by atoms with Crippen molar-refractivity contribution in [2.45, 2.75) is 26.2 Å². The van der Waals surface area contributed by atoms with Gasteiger partial charge in [0.25, 0.3) is 0 Å². The zero-order valence-corrected chi connectivity index (χ0v) is 15.6. The van der Waals surface area contributed by atoms with Crippen LogP contribution in [0.15, 0.2) is 78.9 Å². The Hall–Kier alpha value is -2.87. The molecule has 2 heteroatoms. The van der Waals surface area contributed by atoms with E-state index in [2.05, 4.69) is 36.4 Å². The van der Waals surface area contributed by atoms with Gasteiger partial charge in [-0.25, -0.2) is 0 Å². The van der Waals surface area contributed by atoms with Gasteiger partial charge in [0.05, 0.1) is 0 Å². The van der Waals surface area contributed by atoms with Gasteiger partial charge >= 0.3 is 0 Å². The number of ether oxygens (including phenoxy) is 1. The summed E-state index contributed by atoms with van der Waals surface area (Å²) in [7, 11) is 0. The van der Waals surface area contributed by atoms with E-state index < -0.39 is 0 Å². The fraction of sp³-hybridized carbons (Fsp3) is 0.240. The van der Waals surface area contributed by atoms with Crippen LogP contribution >= 0.6 is 0 Å². The van der Waals surface area contributed by atoms with E-state index in [0.29, 0.717) is 17.6 Å². The molecule has 1 aliphatic rings. The Kier molecular flexibility index (Phi) is 5.06. The van der Waals surface area contributed by atoms with Crippen LogP contribution in [0.4, 0.5) is 0 Å². The van der Waals surface area contributed by atoms with Crippen LogP contribution in [0.1, 0.15) is 25.3 Å². The second kappa shape index (κ2) is 7.79. The lowest BCUT2D eigenvalue weighted by Gasteiger charge is -2.09. The van der Waals surface area contributed by atoms with Gasteiger partial charge in [-0.15, -0.1) is 0 Å². The molecular formula is C25H24O2. The van der Waals surface area contributed by atoms with Crippen LogP contribution in [0, 0.1) is 11.8 Å². The van der Waals surface area contributed by atoms with Gasteiger partial charge in [-0.05, 0) is 73.1 Å². The summed E-state index contributed by atoms with van der Waals surface area (Å²) in [4.78, 5) is 11.4. The van der Waals surface area contributed by atoms with Crippen LogP contribution in [0.3, 0.4) is 0 Å². The van der Waals surface area contributed by atoms with Crippen LogP contribution in [0.2, 0.25) is 0 Å². The van der Waals surface area contributed by atoms with Crippen LogP contribution in [0.5, 0.6) is 11.5 Å². The largest absolute Gasteiger partial charge is 0.457 e. The molecule has 136 valence electrons. The molecule has 0 bridgehead atoms. The van der Waals surface area contributed by atoms with E-state index in [1.807, 2.05) is 42.5 Å². The van der Waals surface area contributed by atoms with Crippen molar-refractivity contribution in [1.29, 1.82) is 0 Å². The summed E-state index contributed by atoms with van der Waals surface area (Å²) in [6.07, 6.45) is 3.25. The van der Waals surface area contributed by atoms with Crippen molar-refractivity contribution in [1.82, 2.24) is 0 Å². The molecule has 0 spiro atoms. The second-order valence-corrected chi connectivity index (χ2v) is 7.39. The zero-order valence-electron chi connectivity index (χ0n) is 15.6. The molecule has 2 atom stereocenters. The summed E-state index contributed by atoms with van der Waals surface area (Å²) < 4.78 is 5.94. The minimum atomic E-state index is 0.330. The van der Waals surface area contributed by atoms with E-state index >= 15 is 0 Å². The number of carbonyl (C=O) groups is 1. The lowest BCUT2D eigenvalue weighted by molar-refractivity contribution is -0.118. The van der Waals surface area contributed by atoms with Gasteiger partial charge in [0.15, 0.2) is 0 Å². The van der Waals surface area contributed by atoms with Crippen LogP contribution in [-0.2, 0) is 11.2 Å². The first kappa shape index (κ1) is 17.5. The predicted molar refractivity (Wildman–Crippen MR) is 109 cm³/mol. The number of rotatable bonds is 7. The van der Waals surface area contributed by atoms with Crippen molar-refractivity contribution >= 4 is 5.78 Å². The van der Waals surface area contributed by atoms with Crippen molar-refractivity contribution in [2.24, 2.45) is 11.8 Å². The highest BCUT2D eigenvalue weighted by molar-refractivity contribution is 5.81. The first-order valence-electron chi connectivity index (χ1n) is 9.62. The SMILES string of the molecule is CC(=O)C1CC1CCc1ccc(-c2cccc(Oc3ccccc3)c2)cc1. The van der Waals surface area contributed by atoms with Crippen molar-refractivity contribution in [2.75, 3.05) is 0 Å². The molecular weight excluding hydrogens is 332 g/mol. The summed E-state index contributed by atoms with van der Waals surface area (Å²) in [5.41, 5.74) is 3.67. The second-order valence-electron chi connectivity index (χ2n) is 7.39. The lowest BCUT2D eigenvalue weighted by Crippen LogP contribution is -1.96. The van der Waals surface area contributed by atoms with Crippen LogP contribution in [0.25, 0.3) is 11.1 Å².